The Bertz CT molecular complexity index is 657. The number of amides is 1. The maximum absolute atomic E-state index is 12.4. The van der Waals surface area contributed by atoms with E-state index < -0.39 is 0 Å². The predicted octanol–water partition coefficient (Wildman–Crippen LogP) is 2.02. The van der Waals surface area contributed by atoms with E-state index in [0.717, 1.165) is 37.2 Å². The Kier molecular flexibility index (Phi) is 4.11. The van der Waals surface area contributed by atoms with E-state index >= 15 is 0 Å². The molecule has 0 radical (unpaired) electrons. The largest absolute Gasteiger partial charge is 0.508 e. The number of carbonyl (C=O) groups excluding carboxylic acids is 1. The van der Waals surface area contributed by atoms with Crippen LogP contribution in [0.4, 0.5) is 0 Å². The van der Waals surface area contributed by atoms with E-state index in [4.69, 9.17) is 0 Å². The third-order valence-electron chi connectivity index (χ3n) is 3.84. The van der Waals surface area contributed by atoms with Crippen molar-refractivity contribution in [3.05, 3.63) is 41.7 Å². The van der Waals surface area contributed by atoms with Gasteiger partial charge in [0, 0.05) is 24.8 Å². The van der Waals surface area contributed by atoms with Crippen molar-refractivity contribution in [2.75, 3.05) is 13.1 Å². The van der Waals surface area contributed by atoms with Crippen LogP contribution in [0.3, 0.4) is 0 Å². The predicted molar refractivity (Wildman–Crippen MR) is 82.9 cm³/mol. The van der Waals surface area contributed by atoms with Crippen LogP contribution in [-0.2, 0) is 0 Å². The number of rotatable bonds is 3. The Morgan fingerprint density at radius 2 is 1.86 bits per heavy atom. The zero-order valence-corrected chi connectivity index (χ0v) is 12.6. The van der Waals surface area contributed by atoms with Gasteiger partial charge in [0.15, 0.2) is 5.69 Å². The summed E-state index contributed by atoms with van der Waals surface area (Å²) in [6, 6.07) is 6.71. The summed E-state index contributed by atoms with van der Waals surface area (Å²) in [6.45, 7) is 3.65. The van der Waals surface area contributed by atoms with E-state index in [1.165, 1.54) is 6.42 Å². The lowest BCUT2D eigenvalue weighted by molar-refractivity contribution is 0.0743. The number of aryl methyl sites for hydroxylation is 1. The van der Waals surface area contributed by atoms with Crippen LogP contribution in [0.1, 0.15) is 35.3 Å². The number of aromatic hydroxyl groups is 1. The summed E-state index contributed by atoms with van der Waals surface area (Å²) in [6.07, 6.45) is 5.26. The van der Waals surface area contributed by atoms with Crippen LogP contribution in [0, 0.1) is 6.92 Å². The quantitative estimate of drug-likeness (QED) is 0.910. The third kappa shape index (κ3) is 3.12. The molecule has 1 aliphatic rings. The minimum absolute atomic E-state index is 0.170. The van der Waals surface area contributed by atoms with Gasteiger partial charge in [0.2, 0.25) is 0 Å². The first-order chi connectivity index (χ1) is 10.6. The monoisotopic (exact) mass is 300 g/mol. The molecule has 116 valence electrons. The van der Waals surface area contributed by atoms with Crippen molar-refractivity contribution in [1.29, 1.82) is 0 Å². The molecule has 0 aliphatic carbocycles. The summed E-state index contributed by atoms with van der Waals surface area (Å²) in [5.74, 6) is 0.0348. The van der Waals surface area contributed by atoms with Gasteiger partial charge in [-0.25, -0.2) is 9.69 Å². The fraction of sp³-hybridized carbons (Fsp3) is 0.375. The number of aromatic nitrogens is 2. The van der Waals surface area contributed by atoms with E-state index in [-0.39, 0.29) is 11.7 Å². The van der Waals surface area contributed by atoms with Crippen LogP contribution in [-0.4, -0.2) is 38.9 Å². The minimum Gasteiger partial charge on any atom is -0.508 e. The number of piperidine rings is 1. The summed E-state index contributed by atoms with van der Waals surface area (Å²) in [5.41, 5.74) is 4.98. The van der Waals surface area contributed by atoms with Crippen LogP contribution >= 0.6 is 0 Å². The van der Waals surface area contributed by atoms with Gasteiger partial charge in [0.25, 0.3) is 5.91 Å². The molecule has 22 heavy (non-hydrogen) atoms. The van der Waals surface area contributed by atoms with Gasteiger partial charge in [-0.3, -0.25) is 10.2 Å². The van der Waals surface area contributed by atoms with Gasteiger partial charge in [-0.05, 0) is 44.0 Å². The van der Waals surface area contributed by atoms with E-state index in [0.29, 0.717) is 5.69 Å². The molecule has 1 aromatic heterocycles. The number of nitrogens with zero attached hydrogens (tertiary/aromatic N) is 3. The number of carbonyl (C=O) groups is 1. The van der Waals surface area contributed by atoms with Crippen molar-refractivity contribution < 1.29 is 9.90 Å². The number of hydrogen-bond acceptors (Lipinski definition) is 4. The summed E-state index contributed by atoms with van der Waals surface area (Å²) in [5, 5.41) is 15.7. The van der Waals surface area contributed by atoms with Gasteiger partial charge < -0.3 is 5.11 Å². The number of hydrogen-bond donors (Lipinski definition) is 2. The Hall–Kier alpha value is -2.34. The molecular weight excluding hydrogens is 280 g/mol. The van der Waals surface area contributed by atoms with Gasteiger partial charge in [0.05, 0.1) is 5.69 Å². The van der Waals surface area contributed by atoms with E-state index in [2.05, 4.69) is 10.5 Å². The molecule has 0 bridgehead atoms. The molecule has 1 amide bonds. The summed E-state index contributed by atoms with van der Waals surface area (Å²) in [7, 11) is 0. The highest BCUT2D eigenvalue weighted by Gasteiger charge is 2.18. The van der Waals surface area contributed by atoms with Crippen molar-refractivity contribution in [3.63, 3.8) is 0 Å². The summed E-state index contributed by atoms with van der Waals surface area (Å²) >= 11 is 0. The Morgan fingerprint density at radius 3 is 2.55 bits per heavy atom. The molecule has 0 spiro atoms. The molecule has 3 rings (SSSR count). The number of phenolic OH excluding ortho intramolecular Hbond substituents is 1. The lowest BCUT2D eigenvalue weighted by atomic mass is 10.2. The average molecular weight is 300 g/mol. The second kappa shape index (κ2) is 6.19. The molecule has 2 heterocycles. The Morgan fingerprint density at radius 1 is 1.18 bits per heavy atom. The van der Waals surface area contributed by atoms with E-state index in [9.17, 15) is 9.90 Å². The van der Waals surface area contributed by atoms with E-state index in [1.807, 2.05) is 18.1 Å². The normalized spacial score (nSPS) is 15.7. The van der Waals surface area contributed by atoms with Crippen molar-refractivity contribution >= 4 is 5.91 Å². The third-order valence-corrected chi connectivity index (χ3v) is 3.84. The molecule has 1 fully saturated rings. The fourth-order valence-corrected chi connectivity index (χ4v) is 2.62. The standard InChI is InChI=1S/C16H20N4O2/c1-12-11-20(13-5-7-14(21)8-6-13)17-15(12)16(22)18-19-9-3-2-4-10-19/h5-8,11,21H,2-4,9-10H2,1H3,(H,18,22). The fourth-order valence-electron chi connectivity index (χ4n) is 2.62. The minimum atomic E-state index is -0.170. The summed E-state index contributed by atoms with van der Waals surface area (Å²) in [4.78, 5) is 12.4. The van der Waals surface area contributed by atoms with Crippen molar-refractivity contribution in [1.82, 2.24) is 20.2 Å². The van der Waals surface area contributed by atoms with Gasteiger partial charge in [-0.1, -0.05) is 6.42 Å². The maximum Gasteiger partial charge on any atom is 0.286 e. The van der Waals surface area contributed by atoms with Crippen LogP contribution in [0.5, 0.6) is 5.75 Å². The Labute approximate surface area is 129 Å². The van der Waals surface area contributed by atoms with Gasteiger partial charge >= 0.3 is 0 Å². The number of phenols is 1. The highest BCUT2D eigenvalue weighted by atomic mass is 16.3. The van der Waals surface area contributed by atoms with Crippen LogP contribution in [0.2, 0.25) is 0 Å². The zero-order valence-electron chi connectivity index (χ0n) is 12.6. The smallest absolute Gasteiger partial charge is 0.286 e. The van der Waals surface area contributed by atoms with Crippen molar-refractivity contribution in [2.24, 2.45) is 0 Å². The molecule has 2 N–H and O–H groups in total. The first-order valence-electron chi connectivity index (χ1n) is 7.55. The SMILES string of the molecule is Cc1cn(-c2ccc(O)cc2)nc1C(=O)NN1CCCCC1. The lowest BCUT2D eigenvalue weighted by Gasteiger charge is -2.26. The van der Waals surface area contributed by atoms with Crippen LogP contribution in [0.15, 0.2) is 30.5 Å². The maximum atomic E-state index is 12.4. The molecule has 0 atom stereocenters. The number of hydrazine groups is 1. The number of nitrogens with one attached hydrogen (secondary N) is 1. The topological polar surface area (TPSA) is 70.4 Å². The van der Waals surface area contributed by atoms with Gasteiger partial charge in [-0.15, -0.1) is 0 Å². The van der Waals surface area contributed by atoms with Crippen molar-refractivity contribution in [3.8, 4) is 11.4 Å². The van der Waals surface area contributed by atoms with Gasteiger partial charge in [0.1, 0.15) is 5.75 Å². The summed E-state index contributed by atoms with van der Waals surface area (Å²) < 4.78 is 1.65. The molecule has 1 aliphatic heterocycles. The average Bonchev–Trinajstić information content (AvgIpc) is 2.91. The second-order valence-electron chi connectivity index (χ2n) is 5.61. The second-order valence-corrected chi connectivity index (χ2v) is 5.61. The molecule has 2 aromatic rings. The highest BCUT2D eigenvalue weighted by Crippen LogP contribution is 2.16. The van der Waals surface area contributed by atoms with Crippen LogP contribution in [0.25, 0.3) is 5.69 Å². The van der Waals surface area contributed by atoms with Crippen molar-refractivity contribution in [2.45, 2.75) is 26.2 Å². The first-order valence-corrected chi connectivity index (χ1v) is 7.55. The molecule has 6 heteroatoms. The highest BCUT2D eigenvalue weighted by molar-refractivity contribution is 5.93. The molecule has 1 aromatic carbocycles. The first kappa shape index (κ1) is 14.6. The van der Waals surface area contributed by atoms with Crippen LogP contribution < -0.4 is 5.43 Å². The molecular formula is C16H20N4O2. The number of benzene rings is 1. The molecule has 0 saturated carbocycles. The molecule has 1 saturated heterocycles. The Balaban J connectivity index is 1.76. The van der Waals surface area contributed by atoms with E-state index in [1.54, 1.807) is 28.9 Å². The zero-order chi connectivity index (χ0) is 15.5. The molecule has 0 unspecified atom stereocenters. The molecule has 6 nitrogen and oxygen atoms in total. The van der Waals surface area contributed by atoms with Gasteiger partial charge in [-0.2, -0.15) is 5.10 Å². The lowest BCUT2D eigenvalue weighted by Crippen LogP contribution is -2.45.